The minimum absolute atomic E-state index is 0.0765. The Morgan fingerprint density at radius 1 is 0.927 bits per heavy atom. The maximum absolute atomic E-state index is 14.8. The van der Waals surface area contributed by atoms with Gasteiger partial charge in [-0.05, 0) is 81.8 Å². The maximum atomic E-state index is 14.8. The molecule has 0 bridgehead atoms. The highest BCUT2D eigenvalue weighted by Crippen LogP contribution is 2.42. The number of allylic oxidation sites excluding steroid dienone is 2. The third-order valence-electron chi connectivity index (χ3n) is 8.74. The Morgan fingerprint density at radius 2 is 1.56 bits per heavy atom. The van der Waals surface area contributed by atoms with Gasteiger partial charge in [0.05, 0.1) is 19.1 Å². The van der Waals surface area contributed by atoms with E-state index in [9.17, 15) is 22.0 Å². The third kappa shape index (κ3) is 9.70. The number of ether oxygens (including phenoxy) is 4. The minimum Gasteiger partial charge on any atom is -0.456 e. The van der Waals surface area contributed by atoms with Gasteiger partial charge in [-0.25, -0.2) is 4.39 Å². The Labute approximate surface area is 240 Å². The van der Waals surface area contributed by atoms with Gasteiger partial charge in [0.2, 0.25) is 0 Å². The van der Waals surface area contributed by atoms with Crippen LogP contribution in [-0.2, 0) is 9.47 Å². The SMILES string of the molecule is CCCCCC1COC(C2CCC(C=CC3CCC(C(F)(F)Oc4ccc(OC=C(F)F)c(F)c4)CC3)CC2)OC1. The Bertz CT molecular complexity index is 988. The van der Waals surface area contributed by atoms with Crippen LogP contribution in [0.15, 0.2) is 42.7 Å². The lowest BCUT2D eigenvalue weighted by atomic mass is 9.78. The van der Waals surface area contributed by atoms with Crippen molar-refractivity contribution in [2.45, 2.75) is 96.4 Å². The smallest absolute Gasteiger partial charge is 0.400 e. The predicted octanol–water partition coefficient (Wildman–Crippen LogP) is 9.65. The third-order valence-corrected chi connectivity index (χ3v) is 8.74. The van der Waals surface area contributed by atoms with Gasteiger partial charge in [-0.2, -0.15) is 17.6 Å². The second-order valence-electron chi connectivity index (χ2n) is 11.8. The molecule has 4 rings (SSSR count). The highest BCUT2D eigenvalue weighted by atomic mass is 19.3. The van der Waals surface area contributed by atoms with Crippen molar-refractivity contribution in [3.8, 4) is 11.5 Å². The maximum Gasteiger partial charge on any atom is 0.400 e. The molecule has 0 spiro atoms. The summed E-state index contributed by atoms with van der Waals surface area (Å²) in [5, 5.41) is 0. The Hall–Kier alpha value is -2.13. The van der Waals surface area contributed by atoms with Crippen molar-refractivity contribution in [2.24, 2.45) is 29.6 Å². The normalized spacial score (nSPS) is 29.3. The zero-order valence-electron chi connectivity index (χ0n) is 23.9. The molecule has 2 saturated carbocycles. The Morgan fingerprint density at radius 3 is 2.15 bits per heavy atom. The predicted molar refractivity (Wildman–Crippen MR) is 146 cm³/mol. The molecule has 2 aliphatic carbocycles. The summed E-state index contributed by atoms with van der Waals surface area (Å²) in [4.78, 5) is 0. The Kier molecular flexibility index (Phi) is 11.9. The molecular formula is C32H43F5O4. The van der Waals surface area contributed by atoms with Gasteiger partial charge in [0.15, 0.2) is 24.1 Å². The van der Waals surface area contributed by atoms with E-state index < -0.39 is 29.7 Å². The molecule has 0 aromatic heterocycles. The molecule has 4 nitrogen and oxygen atoms in total. The van der Waals surface area contributed by atoms with Crippen LogP contribution in [0.1, 0.15) is 84.0 Å². The summed E-state index contributed by atoms with van der Waals surface area (Å²) in [5.41, 5.74) is 0. The summed E-state index contributed by atoms with van der Waals surface area (Å²) in [6.07, 6.45) is 10.0. The highest BCUT2D eigenvalue weighted by molar-refractivity contribution is 5.33. The van der Waals surface area contributed by atoms with Crippen LogP contribution in [0.4, 0.5) is 22.0 Å². The van der Waals surface area contributed by atoms with E-state index in [1.54, 1.807) is 0 Å². The lowest BCUT2D eigenvalue weighted by Crippen LogP contribution is -2.38. The molecule has 0 N–H and O–H groups in total. The van der Waals surface area contributed by atoms with E-state index in [1.165, 1.54) is 25.7 Å². The van der Waals surface area contributed by atoms with Crippen LogP contribution >= 0.6 is 0 Å². The molecule has 1 aromatic rings. The second-order valence-corrected chi connectivity index (χ2v) is 11.8. The largest absolute Gasteiger partial charge is 0.456 e. The van der Waals surface area contributed by atoms with Gasteiger partial charge in [0, 0.05) is 17.9 Å². The summed E-state index contributed by atoms with van der Waals surface area (Å²) in [7, 11) is 0. The molecule has 3 fully saturated rings. The van der Waals surface area contributed by atoms with E-state index in [0.29, 0.717) is 49.5 Å². The molecule has 0 atom stereocenters. The zero-order chi connectivity index (χ0) is 29.2. The first kappa shape index (κ1) is 31.8. The molecule has 1 aromatic carbocycles. The molecule has 9 heteroatoms. The number of alkyl halides is 2. The molecule has 1 heterocycles. The summed E-state index contributed by atoms with van der Waals surface area (Å²) in [6.45, 7) is 3.83. The lowest BCUT2D eigenvalue weighted by Gasteiger charge is -2.37. The standard InChI is InChI=1S/C32H43F5O4/c1-2-3-4-5-24-19-39-31(40-20-24)25-12-8-22(9-13-25)6-7-23-10-14-26(15-11-23)32(36,37)41-27-16-17-29(28(33)18-27)38-21-30(34)35/h6-7,16-18,21-26,31H,2-5,8-15,19-20H2,1H3. The summed E-state index contributed by atoms with van der Waals surface area (Å²) in [5.74, 6) is -1.20. The topological polar surface area (TPSA) is 36.9 Å². The first-order chi connectivity index (χ1) is 19.7. The van der Waals surface area contributed by atoms with E-state index in [1.807, 2.05) is 0 Å². The fourth-order valence-corrected chi connectivity index (χ4v) is 6.24. The molecule has 0 radical (unpaired) electrons. The van der Waals surface area contributed by atoms with Crippen molar-refractivity contribution in [3.05, 3.63) is 48.5 Å². The molecule has 230 valence electrons. The zero-order valence-corrected chi connectivity index (χ0v) is 23.9. The average molecular weight is 587 g/mol. The average Bonchev–Trinajstić information content (AvgIpc) is 2.96. The molecule has 0 unspecified atom stereocenters. The molecule has 41 heavy (non-hydrogen) atoms. The van der Waals surface area contributed by atoms with Crippen LogP contribution in [-0.4, -0.2) is 25.6 Å². The van der Waals surface area contributed by atoms with Gasteiger partial charge in [-0.1, -0.05) is 38.3 Å². The summed E-state index contributed by atoms with van der Waals surface area (Å²) < 4.78 is 89.5. The second kappa shape index (κ2) is 15.4. The Balaban J connectivity index is 1.15. The van der Waals surface area contributed by atoms with Crippen molar-refractivity contribution in [2.75, 3.05) is 13.2 Å². The number of rotatable bonds is 12. The molecule has 3 aliphatic rings. The van der Waals surface area contributed by atoms with Gasteiger partial charge in [-0.3, -0.25) is 0 Å². The van der Waals surface area contributed by atoms with E-state index in [4.69, 9.17) is 14.2 Å². The van der Waals surface area contributed by atoms with Crippen molar-refractivity contribution >= 4 is 0 Å². The van der Waals surface area contributed by atoms with Gasteiger partial charge in [0.25, 0.3) is 0 Å². The van der Waals surface area contributed by atoms with Crippen LogP contribution in [0.5, 0.6) is 11.5 Å². The quantitative estimate of drug-likeness (QED) is 0.106. The number of halogens is 5. The molecule has 1 saturated heterocycles. The first-order valence-corrected chi connectivity index (χ1v) is 15.2. The van der Waals surface area contributed by atoms with Crippen LogP contribution in [0.3, 0.4) is 0 Å². The minimum atomic E-state index is -3.47. The summed E-state index contributed by atoms with van der Waals surface area (Å²) in [6, 6.07) is 2.78. The van der Waals surface area contributed by atoms with E-state index in [0.717, 1.165) is 51.0 Å². The molecule has 1 aliphatic heterocycles. The number of hydrogen-bond donors (Lipinski definition) is 0. The van der Waals surface area contributed by atoms with Gasteiger partial charge in [0.1, 0.15) is 5.75 Å². The van der Waals surface area contributed by atoms with E-state index >= 15 is 0 Å². The fraction of sp³-hybridized carbons (Fsp3) is 0.688. The fourth-order valence-electron chi connectivity index (χ4n) is 6.24. The van der Waals surface area contributed by atoms with E-state index in [2.05, 4.69) is 23.8 Å². The van der Waals surface area contributed by atoms with Crippen LogP contribution in [0.2, 0.25) is 0 Å². The van der Waals surface area contributed by atoms with Crippen LogP contribution < -0.4 is 9.47 Å². The number of unbranched alkanes of at least 4 members (excludes halogenated alkanes) is 2. The number of hydrogen-bond acceptors (Lipinski definition) is 4. The van der Waals surface area contributed by atoms with Crippen molar-refractivity contribution in [1.29, 1.82) is 0 Å². The number of benzene rings is 1. The van der Waals surface area contributed by atoms with Gasteiger partial charge < -0.3 is 18.9 Å². The van der Waals surface area contributed by atoms with E-state index in [-0.39, 0.29) is 24.2 Å². The van der Waals surface area contributed by atoms with Gasteiger partial charge >= 0.3 is 12.2 Å². The molecule has 0 amide bonds. The first-order valence-electron chi connectivity index (χ1n) is 15.2. The van der Waals surface area contributed by atoms with Crippen molar-refractivity contribution < 1.29 is 40.9 Å². The van der Waals surface area contributed by atoms with Crippen LogP contribution in [0, 0.1) is 35.4 Å². The lowest BCUT2D eigenvalue weighted by molar-refractivity contribution is -0.229. The molecular weight excluding hydrogens is 543 g/mol. The monoisotopic (exact) mass is 586 g/mol. The van der Waals surface area contributed by atoms with Crippen LogP contribution in [0.25, 0.3) is 0 Å². The van der Waals surface area contributed by atoms with Gasteiger partial charge in [-0.15, -0.1) is 0 Å². The highest BCUT2D eigenvalue weighted by Gasteiger charge is 2.44. The summed E-state index contributed by atoms with van der Waals surface area (Å²) >= 11 is 0. The van der Waals surface area contributed by atoms with Crippen molar-refractivity contribution in [1.82, 2.24) is 0 Å². The van der Waals surface area contributed by atoms with Crippen molar-refractivity contribution in [3.63, 3.8) is 0 Å².